The highest BCUT2D eigenvalue weighted by Gasteiger charge is 2.30. The lowest BCUT2D eigenvalue weighted by atomic mass is 10.0. The predicted molar refractivity (Wildman–Crippen MR) is 54.8 cm³/mol. The molecule has 0 saturated heterocycles. The van der Waals surface area contributed by atoms with E-state index in [1.807, 2.05) is 0 Å². The molecular weight excluding hydrogens is 200 g/mol. The summed E-state index contributed by atoms with van der Waals surface area (Å²) in [6.07, 6.45) is 1.54. The van der Waals surface area contributed by atoms with Crippen molar-refractivity contribution >= 4 is 11.6 Å². The normalized spacial score (nSPS) is 11.1. The zero-order chi connectivity index (χ0) is 10.8. The lowest BCUT2D eigenvalue weighted by Crippen LogP contribution is -2.14. The molecule has 0 amide bonds. The van der Waals surface area contributed by atoms with E-state index in [9.17, 15) is 0 Å². The highest BCUT2D eigenvalue weighted by molar-refractivity contribution is 6.31. The Balaban J connectivity index is 3.20. The molecule has 0 aliphatic heterocycles. The summed E-state index contributed by atoms with van der Waals surface area (Å²) in [5.41, 5.74) is 0.483. The zero-order valence-corrected chi connectivity index (χ0v) is 8.84. The minimum atomic E-state index is -0.717. The fourth-order valence-electron chi connectivity index (χ4n) is 1.07. The molecule has 0 fully saturated rings. The molecule has 0 saturated carbocycles. The molecule has 1 aromatic rings. The van der Waals surface area contributed by atoms with Crippen LogP contribution in [-0.4, -0.2) is 10.1 Å². The lowest BCUT2D eigenvalue weighted by molar-refractivity contribution is 0.281. The summed E-state index contributed by atoms with van der Waals surface area (Å²) < 4.78 is 0. The van der Waals surface area contributed by atoms with Gasteiger partial charge in [-0.1, -0.05) is 11.6 Å². The molecule has 0 aromatic carbocycles. The van der Waals surface area contributed by atoms with Crippen LogP contribution in [0.15, 0.2) is 12.3 Å². The van der Waals surface area contributed by atoms with Crippen LogP contribution in [0.5, 0.6) is 0 Å². The molecule has 1 aromatic heterocycles. The minimum Gasteiger partial charge on any atom is -0.392 e. The Morgan fingerprint density at radius 1 is 1.64 bits per heavy atom. The Hall–Kier alpha value is -1.11. The third-order valence-corrected chi connectivity index (χ3v) is 2.23. The number of aromatic nitrogens is 1. The van der Waals surface area contributed by atoms with E-state index in [1.54, 1.807) is 19.9 Å². The smallest absolute Gasteiger partial charge is 0.270 e. The molecule has 0 spiro atoms. The van der Waals surface area contributed by atoms with Crippen LogP contribution in [-0.2, 0) is 12.1 Å². The summed E-state index contributed by atoms with van der Waals surface area (Å²) in [7, 11) is 0. The van der Waals surface area contributed by atoms with Crippen LogP contribution >= 0.6 is 11.6 Å². The summed E-state index contributed by atoms with van der Waals surface area (Å²) in [6, 6.07) is 1.64. The van der Waals surface area contributed by atoms with Gasteiger partial charge in [0.25, 0.3) is 5.54 Å². The molecule has 0 bridgehead atoms. The Kier molecular flexibility index (Phi) is 3.10. The second-order valence-electron chi connectivity index (χ2n) is 3.50. The molecule has 4 heteroatoms. The fourth-order valence-corrected chi connectivity index (χ4v) is 1.49. The van der Waals surface area contributed by atoms with Gasteiger partial charge in [0.1, 0.15) is 5.69 Å². The summed E-state index contributed by atoms with van der Waals surface area (Å²) in [4.78, 5) is 7.53. The van der Waals surface area contributed by atoms with Crippen molar-refractivity contribution in [2.45, 2.75) is 26.0 Å². The SMILES string of the molecule is [C-]#[N+]C(C)(C)c1ncc(CO)cc1Cl. The average molecular weight is 211 g/mol. The topological polar surface area (TPSA) is 37.5 Å². The second kappa shape index (κ2) is 3.95. The summed E-state index contributed by atoms with van der Waals surface area (Å²) in [6.45, 7) is 10.4. The first-order chi connectivity index (χ1) is 6.51. The van der Waals surface area contributed by atoms with Crippen molar-refractivity contribution in [2.24, 2.45) is 0 Å². The molecule has 1 heterocycles. The number of pyridine rings is 1. The molecule has 0 aliphatic rings. The van der Waals surface area contributed by atoms with Crippen LogP contribution in [0.25, 0.3) is 4.85 Å². The Labute approximate surface area is 88.2 Å². The van der Waals surface area contributed by atoms with Gasteiger partial charge in [-0.2, -0.15) is 0 Å². The van der Waals surface area contributed by atoms with Crippen LogP contribution in [0.1, 0.15) is 25.1 Å². The largest absolute Gasteiger partial charge is 0.392 e. The first-order valence-corrected chi connectivity index (χ1v) is 4.53. The van der Waals surface area contributed by atoms with Gasteiger partial charge >= 0.3 is 0 Å². The van der Waals surface area contributed by atoms with E-state index in [0.29, 0.717) is 16.3 Å². The number of rotatable bonds is 2. The number of nitrogens with zero attached hydrogens (tertiary/aromatic N) is 2. The van der Waals surface area contributed by atoms with E-state index in [4.69, 9.17) is 23.3 Å². The highest BCUT2D eigenvalue weighted by atomic mass is 35.5. The Morgan fingerprint density at radius 3 is 2.71 bits per heavy atom. The third kappa shape index (κ3) is 2.03. The second-order valence-corrected chi connectivity index (χ2v) is 3.91. The van der Waals surface area contributed by atoms with Crippen LogP contribution in [0.4, 0.5) is 0 Å². The van der Waals surface area contributed by atoms with Crippen molar-refractivity contribution in [3.05, 3.63) is 40.0 Å². The van der Waals surface area contributed by atoms with Crippen molar-refractivity contribution in [3.63, 3.8) is 0 Å². The van der Waals surface area contributed by atoms with Crippen LogP contribution < -0.4 is 0 Å². The number of aliphatic hydroxyl groups is 1. The first kappa shape index (κ1) is 11.0. The maximum atomic E-state index is 8.85. The number of halogens is 1. The van der Waals surface area contributed by atoms with Crippen LogP contribution in [0.2, 0.25) is 5.02 Å². The Morgan fingerprint density at radius 2 is 2.29 bits per heavy atom. The van der Waals surface area contributed by atoms with Gasteiger partial charge in [0, 0.05) is 20.0 Å². The molecule has 0 unspecified atom stereocenters. The maximum absolute atomic E-state index is 8.85. The average Bonchev–Trinajstić information content (AvgIpc) is 2.17. The number of hydrogen-bond acceptors (Lipinski definition) is 2. The number of aliphatic hydroxyl groups excluding tert-OH is 1. The molecule has 3 nitrogen and oxygen atoms in total. The monoisotopic (exact) mass is 210 g/mol. The van der Waals surface area contributed by atoms with E-state index < -0.39 is 5.54 Å². The van der Waals surface area contributed by atoms with Gasteiger partial charge in [0.15, 0.2) is 0 Å². The van der Waals surface area contributed by atoms with Gasteiger partial charge in [0.05, 0.1) is 11.6 Å². The van der Waals surface area contributed by atoms with Crippen molar-refractivity contribution in [1.82, 2.24) is 4.98 Å². The van der Waals surface area contributed by atoms with Crippen molar-refractivity contribution in [1.29, 1.82) is 0 Å². The van der Waals surface area contributed by atoms with Gasteiger partial charge in [-0.25, -0.2) is 6.57 Å². The van der Waals surface area contributed by atoms with Crippen molar-refractivity contribution in [3.8, 4) is 0 Å². The van der Waals surface area contributed by atoms with E-state index in [-0.39, 0.29) is 6.61 Å². The quantitative estimate of drug-likeness (QED) is 0.762. The van der Waals surface area contributed by atoms with Gasteiger partial charge in [0.2, 0.25) is 0 Å². The highest BCUT2D eigenvalue weighted by Crippen LogP contribution is 2.29. The molecule has 1 N–H and O–H groups in total. The summed E-state index contributed by atoms with van der Waals surface area (Å²) in [5.74, 6) is 0. The van der Waals surface area contributed by atoms with Crippen molar-refractivity contribution < 1.29 is 5.11 Å². The zero-order valence-electron chi connectivity index (χ0n) is 8.08. The first-order valence-electron chi connectivity index (χ1n) is 4.15. The third-order valence-electron chi connectivity index (χ3n) is 1.94. The van der Waals surface area contributed by atoms with E-state index in [1.165, 1.54) is 6.20 Å². The van der Waals surface area contributed by atoms with Gasteiger partial charge in [-0.15, -0.1) is 0 Å². The summed E-state index contributed by atoms with van der Waals surface area (Å²) in [5, 5.41) is 9.28. The molecule has 74 valence electrons. The minimum absolute atomic E-state index is 0.0918. The van der Waals surface area contributed by atoms with Crippen LogP contribution in [0, 0.1) is 6.57 Å². The Bertz CT molecular complexity index is 382. The van der Waals surface area contributed by atoms with Crippen molar-refractivity contribution in [2.75, 3.05) is 0 Å². The molecule has 0 radical (unpaired) electrons. The molecule has 14 heavy (non-hydrogen) atoms. The molecular formula is C10H11ClN2O. The van der Waals surface area contributed by atoms with Gasteiger partial charge in [-0.05, 0) is 11.6 Å². The van der Waals surface area contributed by atoms with E-state index in [0.717, 1.165) is 0 Å². The fraction of sp³-hybridized carbons (Fsp3) is 0.400. The van der Waals surface area contributed by atoms with Gasteiger partial charge in [-0.3, -0.25) is 4.98 Å². The van der Waals surface area contributed by atoms with E-state index in [2.05, 4.69) is 9.83 Å². The lowest BCUT2D eigenvalue weighted by Gasteiger charge is -2.12. The molecule has 0 aliphatic carbocycles. The van der Waals surface area contributed by atoms with Crippen LogP contribution in [0.3, 0.4) is 0 Å². The standard InChI is InChI=1S/C10H11ClN2O/c1-10(2,12-3)9-8(11)4-7(6-14)5-13-9/h4-5,14H,6H2,1-2H3. The predicted octanol–water partition coefficient (Wildman–Crippen LogP) is 2.38. The van der Waals surface area contributed by atoms with E-state index >= 15 is 0 Å². The molecule has 1 rings (SSSR count). The summed E-state index contributed by atoms with van der Waals surface area (Å²) >= 11 is 5.95. The molecule has 0 atom stereocenters. The maximum Gasteiger partial charge on any atom is 0.270 e. The van der Waals surface area contributed by atoms with Gasteiger partial charge < -0.3 is 9.95 Å². The number of hydrogen-bond donors (Lipinski definition) is 1.